The molecule has 0 saturated heterocycles. The van der Waals surface area contributed by atoms with E-state index >= 15 is 0 Å². The lowest BCUT2D eigenvalue weighted by atomic mass is 9.92. The first-order valence-electron chi connectivity index (χ1n) is 11.7. The number of aromatic nitrogens is 3. The Kier molecular flexibility index (Phi) is 7.52. The standard InChI is InChI=1S/C23H33ClN6O2/c1-30(17-9-6-10-18(31)14-17)23-28-21(25-15-7-4-2-3-5-8-15)27-22(29-23)26-16-11-12-20(32)19(24)13-16/h11-13,15,17-18,31-32H,2-10,14H2,1H3,(H2,25,26,27,28,29). The van der Waals surface area contributed by atoms with Gasteiger partial charge in [0.2, 0.25) is 17.8 Å². The third-order valence-electron chi connectivity index (χ3n) is 6.50. The molecule has 2 aliphatic rings. The Balaban J connectivity index is 1.59. The highest BCUT2D eigenvalue weighted by Crippen LogP contribution is 2.29. The number of hydrogen-bond donors (Lipinski definition) is 4. The fraction of sp³-hybridized carbons (Fsp3) is 0.609. The molecule has 0 aliphatic heterocycles. The fourth-order valence-corrected chi connectivity index (χ4v) is 4.80. The van der Waals surface area contributed by atoms with E-state index in [1.807, 2.05) is 7.05 Å². The summed E-state index contributed by atoms with van der Waals surface area (Å²) in [6.07, 6.45) is 10.5. The zero-order valence-corrected chi connectivity index (χ0v) is 19.4. The molecule has 4 rings (SSSR count). The Hall–Kier alpha value is -2.32. The number of benzene rings is 1. The zero-order chi connectivity index (χ0) is 22.5. The minimum absolute atomic E-state index is 0.0276. The molecule has 174 valence electrons. The summed E-state index contributed by atoms with van der Waals surface area (Å²) in [7, 11) is 1.98. The summed E-state index contributed by atoms with van der Waals surface area (Å²) in [4.78, 5) is 16.1. The van der Waals surface area contributed by atoms with Gasteiger partial charge in [-0.3, -0.25) is 0 Å². The van der Waals surface area contributed by atoms with Crippen LogP contribution < -0.4 is 15.5 Å². The predicted molar refractivity (Wildman–Crippen MR) is 128 cm³/mol. The van der Waals surface area contributed by atoms with Crippen LogP contribution in [0.25, 0.3) is 0 Å². The lowest BCUT2D eigenvalue weighted by molar-refractivity contribution is 0.119. The molecular weight excluding hydrogens is 428 g/mol. The van der Waals surface area contributed by atoms with Crippen LogP contribution in [-0.2, 0) is 0 Å². The largest absolute Gasteiger partial charge is 0.506 e. The highest BCUT2D eigenvalue weighted by molar-refractivity contribution is 6.32. The van der Waals surface area contributed by atoms with Crippen LogP contribution in [0.1, 0.15) is 64.2 Å². The number of aromatic hydroxyl groups is 1. The van der Waals surface area contributed by atoms with Gasteiger partial charge in [0.15, 0.2) is 0 Å². The molecule has 0 radical (unpaired) electrons. The van der Waals surface area contributed by atoms with Gasteiger partial charge < -0.3 is 25.7 Å². The van der Waals surface area contributed by atoms with Gasteiger partial charge >= 0.3 is 0 Å². The molecular formula is C23H33ClN6O2. The first-order chi connectivity index (χ1) is 15.5. The Bertz CT molecular complexity index is 906. The SMILES string of the molecule is CN(c1nc(Nc2ccc(O)c(Cl)c2)nc(NC2CCCCCC2)n1)C1CCCC(O)C1. The van der Waals surface area contributed by atoms with Gasteiger partial charge in [-0.25, -0.2) is 0 Å². The van der Waals surface area contributed by atoms with Crippen molar-refractivity contribution in [2.45, 2.75) is 82.4 Å². The van der Waals surface area contributed by atoms with E-state index in [0.29, 0.717) is 36.0 Å². The number of aliphatic hydroxyl groups is 1. The predicted octanol–water partition coefficient (Wildman–Crippen LogP) is 4.85. The minimum Gasteiger partial charge on any atom is -0.506 e. The third-order valence-corrected chi connectivity index (χ3v) is 6.80. The molecule has 2 aliphatic carbocycles. The van der Waals surface area contributed by atoms with E-state index in [1.165, 1.54) is 31.7 Å². The molecule has 32 heavy (non-hydrogen) atoms. The second-order valence-electron chi connectivity index (χ2n) is 8.99. The van der Waals surface area contributed by atoms with Gasteiger partial charge in [0.05, 0.1) is 11.1 Å². The maximum absolute atomic E-state index is 10.1. The van der Waals surface area contributed by atoms with E-state index in [4.69, 9.17) is 16.6 Å². The summed E-state index contributed by atoms with van der Waals surface area (Å²) in [6.45, 7) is 0. The fourth-order valence-electron chi connectivity index (χ4n) is 4.62. The summed E-state index contributed by atoms with van der Waals surface area (Å²) < 4.78 is 0. The van der Waals surface area contributed by atoms with Crippen LogP contribution in [0.5, 0.6) is 5.75 Å². The van der Waals surface area contributed by atoms with Crippen molar-refractivity contribution in [3.8, 4) is 5.75 Å². The second-order valence-corrected chi connectivity index (χ2v) is 9.40. The molecule has 2 atom stereocenters. The minimum atomic E-state index is -0.279. The molecule has 0 amide bonds. The van der Waals surface area contributed by atoms with E-state index in [-0.39, 0.29) is 22.9 Å². The molecule has 4 N–H and O–H groups in total. The third kappa shape index (κ3) is 5.92. The number of anilines is 4. The number of phenolic OH excluding ortho intramolecular Hbond substituents is 1. The van der Waals surface area contributed by atoms with E-state index in [2.05, 4.69) is 25.5 Å². The van der Waals surface area contributed by atoms with Crippen molar-refractivity contribution in [1.29, 1.82) is 0 Å². The Morgan fingerprint density at radius 1 is 0.969 bits per heavy atom. The monoisotopic (exact) mass is 460 g/mol. The van der Waals surface area contributed by atoms with Gasteiger partial charge in [0, 0.05) is 24.8 Å². The molecule has 0 bridgehead atoms. The highest BCUT2D eigenvalue weighted by Gasteiger charge is 2.26. The number of aliphatic hydroxyl groups excluding tert-OH is 1. The molecule has 8 nitrogen and oxygen atoms in total. The first kappa shape index (κ1) is 22.9. The summed E-state index contributed by atoms with van der Waals surface area (Å²) in [6, 6.07) is 5.44. The average Bonchev–Trinajstić information content (AvgIpc) is 3.04. The zero-order valence-electron chi connectivity index (χ0n) is 18.6. The lowest BCUT2D eigenvalue weighted by Gasteiger charge is -2.33. The quantitative estimate of drug-likeness (QED) is 0.358. The van der Waals surface area contributed by atoms with E-state index in [1.54, 1.807) is 12.1 Å². The van der Waals surface area contributed by atoms with E-state index < -0.39 is 0 Å². The van der Waals surface area contributed by atoms with Gasteiger partial charge in [-0.05, 0) is 56.7 Å². The van der Waals surface area contributed by atoms with Crippen molar-refractivity contribution in [3.05, 3.63) is 23.2 Å². The van der Waals surface area contributed by atoms with Gasteiger partial charge in [0.25, 0.3) is 0 Å². The summed E-state index contributed by atoms with van der Waals surface area (Å²) in [5.74, 6) is 1.57. The molecule has 2 saturated carbocycles. The molecule has 0 spiro atoms. The highest BCUT2D eigenvalue weighted by atomic mass is 35.5. The van der Waals surface area contributed by atoms with Crippen molar-refractivity contribution in [2.75, 3.05) is 22.6 Å². The van der Waals surface area contributed by atoms with Crippen molar-refractivity contribution in [2.24, 2.45) is 0 Å². The molecule has 2 aromatic rings. The lowest BCUT2D eigenvalue weighted by Crippen LogP contribution is -2.39. The van der Waals surface area contributed by atoms with Crippen molar-refractivity contribution >= 4 is 35.1 Å². The molecule has 1 aromatic heterocycles. The van der Waals surface area contributed by atoms with E-state index in [9.17, 15) is 10.2 Å². The first-order valence-corrected chi connectivity index (χ1v) is 12.0. The number of nitrogens with zero attached hydrogens (tertiary/aromatic N) is 4. The summed E-state index contributed by atoms with van der Waals surface area (Å²) in [5, 5.41) is 26.8. The van der Waals surface area contributed by atoms with Crippen molar-refractivity contribution < 1.29 is 10.2 Å². The number of phenols is 1. The normalized spacial score (nSPS) is 22.2. The van der Waals surface area contributed by atoms with Crippen LogP contribution in [0.4, 0.5) is 23.5 Å². The maximum Gasteiger partial charge on any atom is 0.233 e. The topological polar surface area (TPSA) is 106 Å². The van der Waals surface area contributed by atoms with Crippen LogP contribution >= 0.6 is 11.6 Å². The van der Waals surface area contributed by atoms with Crippen molar-refractivity contribution in [3.63, 3.8) is 0 Å². The second kappa shape index (κ2) is 10.5. The number of nitrogens with one attached hydrogen (secondary N) is 2. The van der Waals surface area contributed by atoms with Crippen LogP contribution in [0, 0.1) is 0 Å². The van der Waals surface area contributed by atoms with Crippen LogP contribution in [0.2, 0.25) is 5.02 Å². The summed E-state index contributed by atoms with van der Waals surface area (Å²) >= 11 is 6.07. The summed E-state index contributed by atoms with van der Waals surface area (Å²) in [5.41, 5.74) is 0.682. The Morgan fingerprint density at radius 3 is 2.44 bits per heavy atom. The Morgan fingerprint density at radius 2 is 1.72 bits per heavy atom. The van der Waals surface area contributed by atoms with Crippen molar-refractivity contribution in [1.82, 2.24) is 15.0 Å². The smallest absolute Gasteiger partial charge is 0.233 e. The van der Waals surface area contributed by atoms with Gasteiger partial charge in [0.1, 0.15) is 5.75 Å². The molecule has 2 fully saturated rings. The molecule has 2 unspecified atom stereocenters. The Labute approximate surface area is 194 Å². The molecule has 1 heterocycles. The molecule has 9 heteroatoms. The van der Waals surface area contributed by atoms with E-state index in [0.717, 1.165) is 32.1 Å². The van der Waals surface area contributed by atoms with Crippen LogP contribution in [0.3, 0.4) is 0 Å². The number of halogens is 1. The molecule has 1 aromatic carbocycles. The average molecular weight is 461 g/mol. The van der Waals surface area contributed by atoms with Crippen LogP contribution in [0.15, 0.2) is 18.2 Å². The number of hydrogen-bond acceptors (Lipinski definition) is 8. The van der Waals surface area contributed by atoms with Gasteiger partial charge in [-0.1, -0.05) is 37.3 Å². The number of rotatable bonds is 6. The maximum atomic E-state index is 10.1. The van der Waals surface area contributed by atoms with Gasteiger partial charge in [-0.2, -0.15) is 15.0 Å². The van der Waals surface area contributed by atoms with Gasteiger partial charge in [-0.15, -0.1) is 0 Å². The van der Waals surface area contributed by atoms with Crippen LogP contribution in [-0.4, -0.2) is 50.4 Å².